The first-order valence-electron chi connectivity index (χ1n) is 5.57. The first-order valence-corrected chi connectivity index (χ1v) is 6.45. The topological polar surface area (TPSA) is 42.0 Å². The molecule has 0 aromatic carbocycles. The molecule has 5 heteroatoms. The zero-order valence-electron chi connectivity index (χ0n) is 10.4. The van der Waals surface area contributed by atoms with Gasteiger partial charge in [-0.3, -0.25) is 9.78 Å². The molecule has 2 heterocycles. The van der Waals surface area contributed by atoms with E-state index in [4.69, 9.17) is 0 Å². The fraction of sp³-hybridized carbons (Fsp3) is 0.231. The van der Waals surface area contributed by atoms with E-state index in [9.17, 15) is 4.79 Å². The maximum Gasteiger partial charge on any atom is 0.261 e. The minimum Gasteiger partial charge on any atom is -0.347 e. The molecule has 3 nitrogen and oxygen atoms in total. The summed E-state index contributed by atoms with van der Waals surface area (Å²) in [6, 6.07) is 7.45. The van der Waals surface area contributed by atoms with Crippen LogP contribution in [-0.4, -0.2) is 10.9 Å². The number of hydrogen-bond donors (Lipinski definition) is 1. The van der Waals surface area contributed by atoms with Gasteiger partial charge in [-0.05, 0) is 29.1 Å². The predicted molar refractivity (Wildman–Crippen MR) is 88.6 cm³/mol. The summed E-state index contributed by atoms with van der Waals surface area (Å²) in [6.45, 7) is 4.54. The molecular weight excluding hydrogens is 359 g/mol. The molecule has 0 saturated carbocycles. The molecule has 0 spiro atoms. The van der Waals surface area contributed by atoms with Gasteiger partial charge >= 0.3 is 0 Å². The second-order valence-corrected chi connectivity index (χ2v) is 3.96. The zero-order valence-corrected chi connectivity index (χ0v) is 13.6. The van der Waals surface area contributed by atoms with Crippen LogP contribution in [0.4, 0.5) is 0 Å². The summed E-state index contributed by atoms with van der Waals surface area (Å²) in [4.78, 5) is 16.2. The average Bonchev–Trinajstić information content (AvgIpc) is 2.93. The molecule has 100 valence electrons. The number of amides is 1. The highest BCUT2D eigenvalue weighted by Gasteiger charge is 2.04. The SMILES string of the molecule is CC.I.O=C(NCc1ccncc1)c1cccs1.[HH]. The smallest absolute Gasteiger partial charge is 0.261 e. The van der Waals surface area contributed by atoms with Gasteiger partial charge in [0, 0.05) is 20.4 Å². The minimum atomic E-state index is -0.0261. The van der Waals surface area contributed by atoms with Gasteiger partial charge in [0.15, 0.2) is 0 Å². The van der Waals surface area contributed by atoms with Crippen molar-refractivity contribution < 1.29 is 6.22 Å². The summed E-state index contributed by atoms with van der Waals surface area (Å²) in [5.74, 6) is -0.0261. The largest absolute Gasteiger partial charge is 0.347 e. The van der Waals surface area contributed by atoms with Crippen molar-refractivity contribution in [1.82, 2.24) is 10.3 Å². The minimum absolute atomic E-state index is 0. The maximum absolute atomic E-state index is 11.6. The Labute approximate surface area is 130 Å². The Bertz CT molecular complexity index is 437. The lowest BCUT2D eigenvalue weighted by molar-refractivity contribution is 0.0955. The van der Waals surface area contributed by atoms with E-state index in [0.717, 1.165) is 10.4 Å². The predicted octanol–water partition coefficient (Wildman–Crippen LogP) is 3.96. The lowest BCUT2D eigenvalue weighted by Crippen LogP contribution is -2.21. The van der Waals surface area contributed by atoms with Crippen LogP contribution in [-0.2, 0) is 6.54 Å². The van der Waals surface area contributed by atoms with Gasteiger partial charge in [-0.25, -0.2) is 0 Å². The van der Waals surface area contributed by atoms with Crippen LogP contribution in [0.3, 0.4) is 0 Å². The molecule has 0 saturated heterocycles. The first kappa shape index (κ1) is 17.1. The molecule has 0 aliphatic heterocycles. The standard InChI is InChI=1S/C11H10N2OS.C2H6.HI.H2/c14-11(10-2-1-7-15-10)13-8-9-3-5-12-6-4-9;1-2;;/h1-7H,8H2,(H,13,14);1-2H3;2*1H. The summed E-state index contributed by atoms with van der Waals surface area (Å²) >= 11 is 1.44. The van der Waals surface area contributed by atoms with E-state index < -0.39 is 0 Å². The van der Waals surface area contributed by atoms with Crippen LogP contribution in [0.25, 0.3) is 0 Å². The number of pyridine rings is 1. The number of carbonyl (C=O) groups is 1. The summed E-state index contributed by atoms with van der Waals surface area (Å²) in [7, 11) is 0. The van der Waals surface area contributed by atoms with Crippen molar-refractivity contribution in [2.45, 2.75) is 20.4 Å². The molecule has 0 unspecified atom stereocenters. The third kappa shape index (κ3) is 5.59. The van der Waals surface area contributed by atoms with E-state index in [1.807, 2.05) is 43.5 Å². The number of thiophene rings is 1. The normalized spacial score (nSPS) is 8.56. The molecule has 0 atom stereocenters. The van der Waals surface area contributed by atoms with E-state index in [0.29, 0.717) is 6.54 Å². The highest BCUT2D eigenvalue weighted by molar-refractivity contribution is 14.0. The van der Waals surface area contributed by atoms with Gasteiger partial charge in [0.25, 0.3) is 5.91 Å². The van der Waals surface area contributed by atoms with Crippen LogP contribution >= 0.6 is 35.3 Å². The van der Waals surface area contributed by atoms with E-state index in [1.165, 1.54) is 11.3 Å². The van der Waals surface area contributed by atoms with Crippen LogP contribution in [0, 0.1) is 0 Å². The molecule has 18 heavy (non-hydrogen) atoms. The van der Waals surface area contributed by atoms with Crippen molar-refractivity contribution >= 4 is 41.2 Å². The molecule has 1 amide bonds. The van der Waals surface area contributed by atoms with E-state index in [2.05, 4.69) is 10.3 Å². The molecule has 1 N–H and O–H groups in total. The lowest BCUT2D eigenvalue weighted by atomic mass is 10.3. The van der Waals surface area contributed by atoms with E-state index in [1.54, 1.807) is 12.4 Å². The maximum atomic E-state index is 11.6. The summed E-state index contributed by atoms with van der Waals surface area (Å²) < 4.78 is 0. The van der Waals surface area contributed by atoms with Crippen molar-refractivity contribution in [1.29, 1.82) is 0 Å². The Kier molecular flexibility index (Phi) is 9.49. The first-order chi connectivity index (χ1) is 8.36. The Hall–Kier alpha value is -0.950. The van der Waals surface area contributed by atoms with Crippen molar-refractivity contribution in [2.75, 3.05) is 0 Å². The average molecular weight is 378 g/mol. The number of rotatable bonds is 3. The van der Waals surface area contributed by atoms with Crippen LogP contribution < -0.4 is 5.32 Å². The lowest BCUT2D eigenvalue weighted by Gasteiger charge is -2.02. The molecule has 2 rings (SSSR count). The number of halogens is 1. The Morgan fingerprint density at radius 2 is 2.00 bits per heavy atom. The number of aromatic nitrogens is 1. The number of nitrogens with zero attached hydrogens (tertiary/aromatic N) is 1. The molecule has 0 fully saturated rings. The van der Waals surface area contributed by atoms with Crippen molar-refractivity contribution in [2.24, 2.45) is 0 Å². The van der Waals surface area contributed by atoms with Crippen molar-refractivity contribution in [3.05, 3.63) is 52.5 Å². The molecule has 2 aromatic heterocycles. The van der Waals surface area contributed by atoms with Crippen LogP contribution in [0.2, 0.25) is 0 Å². The Balaban J connectivity index is 0. The molecule has 2 aromatic rings. The van der Waals surface area contributed by atoms with Gasteiger partial charge in [0.1, 0.15) is 0 Å². The fourth-order valence-corrected chi connectivity index (χ4v) is 1.82. The van der Waals surface area contributed by atoms with Crippen LogP contribution in [0.5, 0.6) is 0 Å². The van der Waals surface area contributed by atoms with Crippen molar-refractivity contribution in [3.63, 3.8) is 0 Å². The summed E-state index contributed by atoms with van der Waals surface area (Å²) in [6.07, 6.45) is 3.43. The van der Waals surface area contributed by atoms with Gasteiger partial charge in [0.2, 0.25) is 0 Å². The Morgan fingerprint density at radius 3 is 2.56 bits per heavy atom. The van der Waals surface area contributed by atoms with Gasteiger partial charge in [0.05, 0.1) is 4.88 Å². The quantitative estimate of drug-likeness (QED) is 0.822. The highest BCUT2D eigenvalue weighted by Crippen LogP contribution is 2.08. The Morgan fingerprint density at radius 1 is 1.33 bits per heavy atom. The monoisotopic (exact) mass is 378 g/mol. The van der Waals surface area contributed by atoms with Crippen molar-refractivity contribution in [3.8, 4) is 0 Å². The number of hydrogen-bond acceptors (Lipinski definition) is 3. The second kappa shape index (κ2) is 10.0. The highest BCUT2D eigenvalue weighted by atomic mass is 127. The molecular formula is C13H19IN2OS. The van der Waals surface area contributed by atoms with E-state index in [-0.39, 0.29) is 31.3 Å². The molecule has 0 aliphatic carbocycles. The van der Waals surface area contributed by atoms with Gasteiger partial charge in [-0.1, -0.05) is 19.9 Å². The summed E-state index contributed by atoms with van der Waals surface area (Å²) in [5.41, 5.74) is 1.05. The van der Waals surface area contributed by atoms with Gasteiger partial charge in [-0.15, -0.1) is 35.3 Å². The molecule has 0 radical (unpaired) electrons. The summed E-state index contributed by atoms with van der Waals surface area (Å²) in [5, 5.41) is 4.74. The van der Waals surface area contributed by atoms with Crippen LogP contribution in [0.15, 0.2) is 42.0 Å². The number of carbonyl (C=O) groups excluding carboxylic acids is 1. The van der Waals surface area contributed by atoms with Crippen LogP contribution in [0.1, 0.15) is 30.5 Å². The third-order valence-electron chi connectivity index (χ3n) is 1.95. The fourth-order valence-electron chi connectivity index (χ4n) is 1.18. The molecule has 0 bridgehead atoms. The second-order valence-electron chi connectivity index (χ2n) is 3.02. The van der Waals surface area contributed by atoms with Gasteiger partial charge < -0.3 is 5.32 Å². The zero-order chi connectivity index (χ0) is 12.5. The van der Waals surface area contributed by atoms with Gasteiger partial charge in [-0.2, -0.15) is 0 Å². The molecule has 0 aliphatic rings. The van der Waals surface area contributed by atoms with E-state index >= 15 is 0 Å². The number of nitrogens with one attached hydrogen (secondary N) is 1. The third-order valence-corrected chi connectivity index (χ3v) is 2.82.